The van der Waals surface area contributed by atoms with E-state index in [1.54, 1.807) is 0 Å². The molecule has 0 saturated carbocycles. The monoisotopic (exact) mass is 249 g/mol. The van der Waals surface area contributed by atoms with Gasteiger partial charge >= 0.3 is 0 Å². The van der Waals surface area contributed by atoms with Crippen molar-refractivity contribution in [3.8, 4) is 0 Å². The van der Waals surface area contributed by atoms with E-state index in [2.05, 4.69) is 54.4 Å². The van der Waals surface area contributed by atoms with Crippen LogP contribution in [-0.2, 0) is 0 Å². The number of hydrogen-bond donors (Lipinski definition) is 0. The summed E-state index contributed by atoms with van der Waals surface area (Å²) in [6.45, 7) is 6.18. The lowest BCUT2D eigenvalue weighted by molar-refractivity contribution is 1.28. The van der Waals surface area contributed by atoms with Crippen LogP contribution in [0.2, 0.25) is 0 Å². The molecule has 0 spiro atoms. The van der Waals surface area contributed by atoms with Crippen LogP contribution in [-0.4, -0.2) is 5.71 Å². The lowest BCUT2D eigenvalue weighted by Crippen LogP contribution is -2.03. The normalized spacial score (nSPS) is 19.9. The Morgan fingerprint density at radius 1 is 1.00 bits per heavy atom. The van der Waals surface area contributed by atoms with Crippen LogP contribution in [0.25, 0.3) is 5.57 Å². The maximum atomic E-state index is 4.66. The number of hydrogen-bond acceptors (Lipinski definition) is 1. The Kier molecular flexibility index (Phi) is 4.30. The molecule has 0 radical (unpaired) electrons. The van der Waals surface area contributed by atoms with Gasteiger partial charge < -0.3 is 0 Å². The first-order valence-electron chi connectivity index (χ1n) is 6.55. The molecule has 1 aliphatic rings. The van der Waals surface area contributed by atoms with Gasteiger partial charge in [-0.25, -0.2) is 0 Å². The fourth-order valence-electron chi connectivity index (χ4n) is 1.99. The van der Waals surface area contributed by atoms with Crippen LogP contribution in [0.3, 0.4) is 0 Å². The van der Waals surface area contributed by atoms with Crippen LogP contribution in [0.5, 0.6) is 0 Å². The molecule has 1 heteroatoms. The summed E-state index contributed by atoms with van der Waals surface area (Å²) in [6, 6.07) is 10.4. The van der Waals surface area contributed by atoms with Crippen LogP contribution in [0.1, 0.15) is 26.3 Å². The number of allylic oxidation sites excluding steroid dienone is 8. The minimum atomic E-state index is 1.03. The van der Waals surface area contributed by atoms with E-state index in [-0.39, 0.29) is 0 Å². The zero-order chi connectivity index (χ0) is 13.7. The first-order valence-corrected chi connectivity index (χ1v) is 6.55. The fourth-order valence-corrected chi connectivity index (χ4v) is 1.99. The average Bonchev–Trinajstić information content (AvgIpc) is 2.48. The van der Waals surface area contributed by atoms with Crippen LogP contribution >= 0.6 is 0 Å². The van der Waals surface area contributed by atoms with Crippen molar-refractivity contribution in [2.45, 2.75) is 20.8 Å². The van der Waals surface area contributed by atoms with E-state index < -0.39 is 0 Å². The van der Waals surface area contributed by atoms with Gasteiger partial charge in [-0.3, -0.25) is 4.99 Å². The summed E-state index contributed by atoms with van der Waals surface area (Å²) < 4.78 is 0. The zero-order valence-corrected chi connectivity index (χ0v) is 11.7. The first-order chi connectivity index (χ1) is 9.22. The molecule has 1 nitrogen and oxygen atoms in total. The Bertz CT molecular complexity index is 596. The highest BCUT2D eigenvalue weighted by Gasteiger charge is 2.09. The summed E-state index contributed by atoms with van der Waals surface area (Å²) in [5, 5.41) is 0. The van der Waals surface area contributed by atoms with E-state index in [1.165, 1.54) is 16.7 Å². The summed E-state index contributed by atoms with van der Waals surface area (Å²) in [5.41, 5.74) is 5.75. The molecule has 0 unspecified atom stereocenters. The molecule has 0 saturated heterocycles. The number of aliphatic imine (C=N–C) groups is 1. The Hall–Kier alpha value is -2.15. The predicted octanol–water partition coefficient (Wildman–Crippen LogP) is 4.95. The molecular weight excluding hydrogens is 230 g/mol. The van der Waals surface area contributed by atoms with Gasteiger partial charge in [-0.05, 0) is 38.0 Å². The van der Waals surface area contributed by atoms with Crippen molar-refractivity contribution in [3.05, 3.63) is 77.5 Å². The predicted molar refractivity (Wildman–Crippen MR) is 84.2 cm³/mol. The topological polar surface area (TPSA) is 12.4 Å². The van der Waals surface area contributed by atoms with Gasteiger partial charge in [0.25, 0.3) is 0 Å². The van der Waals surface area contributed by atoms with E-state index in [9.17, 15) is 0 Å². The first kappa shape index (κ1) is 13.3. The van der Waals surface area contributed by atoms with Crippen LogP contribution < -0.4 is 0 Å². The summed E-state index contributed by atoms with van der Waals surface area (Å²) in [7, 11) is 0. The Labute approximate surface area is 115 Å². The summed E-state index contributed by atoms with van der Waals surface area (Å²) in [6.07, 6.45) is 10.3. The molecular formula is C18H19N. The van der Waals surface area contributed by atoms with Crippen LogP contribution in [0.15, 0.2) is 77.0 Å². The molecule has 0 heterocycles. The molecule has 0 atom stereocenters. The third kappa shape index (κ3) is 3.19. The molecule has 0 N–H and O–H groups in total. The second-order valence-corrected chi connectivity index (χ2v) is 4.55. The van der Waals surface area contributed by atoms with Gasteiger partial charge in [0.1, 0.15) is 0 Å². The van der Waals surface area contributed by atoms with Crippen molar-refractivity contribution in [1.82, 2.24) is 0 Å². The standard InChI is InChI=1S/C18H19N/c1-4-14(2)19-18-13-9-8-12-17(18)15(3)16-10-6-5-7-11-16/h4-13H,1-3H3/b14-4-,17-15+,19-18+. The molecule has 19 heavy (non-hydrogen) atoms. The molecule has 1 aromatic carbocycles. The van der Waals surface area contributed by atoms with E-state index in [0.29, 0.717) is 0 Å². The summed E-state index contributed by atoms with van der Waals surface area (Å²) >= 11 is 0. The highest BCUT2D eigenvalue weighted by Crippen LogP contribution is 2.23. The quantitative estimate of drug-likeness (QED) is 0.703. The van der Waals surface area contributed by atoms with Gasteiger partial charge in [0.05, 0.1) is 5.71 Å². The fraction of sp³-hybridized carbons (Fsp3) is 0.167. The van der Waals surface area contributed by atoms with Crippen molar-refractivity contribution in [2.24, 2.45) is 4.99 Å². The van der Waals surface area contributed by atoms with E-state index in [1.807, 2.05) is 32.1 Å². The molecule has 0 aliphatic heterocycles. The van der Waals surface area contributed by atoms with E-state index in [0.717, 1.165) is 11.4 Å². The molecule has 96 valence electrons. The second-order valence-electron chi connectivity index (χ2n) is 4.55. The Morgan fingerprint density at radius 3 is 2.37 bits per heavy atom. The highest BCUT2D eigenvalue weighted by molar-refractivity contribution is 6.16. The molecule has 0 aromatic heterocycles. The second kappa shape index (κ2) is 6.14. The summed E-state index contributed by atoms with van der Waals surface area (Å²) in [4.78, 5) is 4.66. The van der Waals surface area contributed by atoms with Gasteiger partial charge in [-0.1, -0.05) is 54.6 Å². The van der Waals surface area contributed by atoms with Crippen molar-refractivity contribution < 1.29 is 0 Å². The van der Waals surface area contributed by atoms with Gasteiger partial charge in [0.2, 0.25) is 0 Å². The molecule has 1 aromatic rings. The van der Waals surface area contributed by atoms with Crippen LogP contribution in [0.4, 0.5) is 0 Å². The minimum Gasteiger partial charge on any atom is -0.253 e. The maximum Gasteiger partial charge on any atom is 0.0707 e. The third-order valence-corrected chi connectivity index (χ3v) is 3.23. The molecule has 2 rings (SSSR count). The number of rotatable bonds is 2. The number of nitrogens with zero attached hydrogens (tertiary/aromatic N) is 1. The molecule has 1 aliphatic carbocycles. The van der Waals surface area contributed by atoms with Crippen molar-refractivity contribution >= 4 is 11.3 Å². The smallest absolute Gasteiger partial charge is 0.0707 e. The summed E-state index contributed by atoms with van der Waals surface area (Å²) in [5.74, 6) is 0. The average molecular weight is 249 g/mol. The van der Waals surface area contributed by atoms with Gasteiger partial charge in [0.15, 0.2) is 0 Å². The van der Waals surface area contributed by atoms with Gasteiger partial charge in [-0.2, -0.15) is 0 Å². The Morgan fingerprint density at radius 2 is 1.68 bits per heavy atom. The largest absolute Gasteiger partial charge is 0.253 e. The lowest BCUT2D eigenvalue weighted by atomic mass is 9.95. The van der Waals surface area contributed by atoms with Crippen molar-refractivity contribution in [3.63, 3.8) is 0 Å². The highest BCUT2D eigenvalue weighted by atomic mass is 14.7. The lowest BCUT2D eigenvalue weighted by Gasteiger charge is -2.12. The van der Waals surface area contributed by atoms with E-state index >= 15 is 0 Å². The van der Waals surface area contributed by atoms with Crippen LogP contribution in [0, 0.1) is 0 Å². The van der Waals surface area contributed by atoms with Gasteiger partial charge in [-0.15, -0.1) is 0 Å². The van der Waals surface area contributed by atoms with Crippen molar-refractivity contribution in [2.75, 3.05) is 0 Å². The van der Waals surface area contributed by atoms with Gasteiger partial charge in [0, 0.05) is 11.3 Å². The maximum absolute atomic E-state index is 4.66. The molecule has 0 fully saturated rings. The zero-order valence-electron chi connectivity index (χ0n) is 11.7. The Balaban J connectivity index is 2.49. The number of benzene rings is 1. The van der Waals surface area contributed by atoms with E-state index in [4.69, 9.17) is 0 Å². The third-order valence-electron chi connectivity index (χ3n) is 3.23. The molecule has 0 bridgehead atoms. The SMILES string of the molecule is C\C=C(C)/N=C1\C=CC=C\C1=C(\C)c1ccccc1. The minimum absolute atomic E-state index is 1.03. The van der Waals surface area contributed by atoms with Crippen molar-refractivity contribution in [1.29, 1.82) is 0 Å². The molecule has 0 amide bonds.